The van der Waals surface area contributed by atoms with Gasteiger partial charge >= 0.3 is 11.9 Å². The van der Waals surface area contributed by atoms with E-state index in [1.54, 1.807) is 71.9 Å². The van der Waals surface area contributed by atoms with Gasteiger partial charge in [-0.3, -0.25) is 72.1 Å². The molecule has 12 amide bonds. The zero-order valence-electron chi connectivity index (χ0n) is 57.8. The average Bonchev–Trinajstić information content (AvgIpc) is 1.37. The Morgan fingerprint density at radius 1 is 0.700 bits per heavy atom. The maximum Gasteiger partial charge on any atom is 0.305 e. The number of imidazole rings is 1. The minimum Gasteiger partial charge on any atom is -0.481 e. The molecule has 4 rings (SSSR count). The summed E-state index contributed by atoms with van der Waals surface area (Å²) in [6, 6.07) is -8.63. The Hall–Kier alpha value is -9.31. The first kappa shape index (κ1) is 83.1. The molecule has 0 aliphatic carbocycles. The molecule has 0 saturated carbocycles. The zero-order valence-corrected chi connectivity index (χ0v) is 58.6. The van der Waals surface area contributed by atoms with Gasteiger partial charge in [0, 0.05) is 43.5 Å². The van der Waals surface area contributed by atoms with Gasteiger partial charge in [-0.1, -0.05) is 104 Å². The Bertz CT molecular complexity index is 3210. The van der Waals surface area contributed by atoms with Crippen molar-refractivity contribution in [1.82, 2.24) is 68.5 Å². The number of primary amides is 1. The van der Waals surface area contributed by atoms with Crippen LogP contribution in [0.25, 0.3) is 0 Å². The topological polar surface area (TPSA) is 531 Å². The first-order chi connectivity index (χ1) is 47.4. The van der Waals surface area contributed by atoms with Gasteiger partial charge in [-0.05, 0) is 81.2 Å². The summed E-state index contributed by atoms with van der Waals surface area (Å²) in [6.45, 7) is 16.0. The SMILES string of the molecule is C=C(CC)[C@H](N)C1=N[C@H](C(=O)N[C@@H](CC(C)C)C(=O)N[C@H](CCC(=O)O)C(=O)N[C@H](C(=O)N[C@H]2CCCCNC(=O)[C@H](CC(N)=O)NC(=O)[C@@H](CC(=O)O)NC(=O)[C@H](Cc3cnc[nH]3)NC(=O)[C@@H](Cc3ccccc3)NC(=O)[C@H]([C@@H](C)CC)NC(=O)[C@@H](CCCN)NC2=O)[C@@H](C)CC)CS1. The summed E-state index contributed by atoms with van der Waals surface area (Å²) in [5.41, 5.74) is 19.3. The van der Waals surface area contributed by atoms with Crippen molar-refractivity contribution in [2.75, 3.05) is 18.8 Å². The predicted molar refractivity (Wildman–Crippen MR) is 369 cm³/mol. The molecule has 0 radical (unpaired) electrons. The van der Waals surface area contributed by atoms with E-state index in [-0.39, 0.29) is 89.0 Å². The molecule has 0 spiro atoms. The number of hydrogen-bond donors (Lipinski definition) is 17. The number of H-pyrrole nitrogens is 1. The number of rotatable bonds is 31. The third-order valence-corrected chi connectivity index (χ3v) is 18.2. The molecule has 20 N–H and O–H groups in total. The molecule has 1 saturated heterocycles. The van der Waals surface area contributed by atoms with Crippen molar-refractivity contribution in [1.29, 1.82) is 0 Å². The molecule has 1 aromatic heterocycles. The van der Waals surface area contributed by atoms with Crippen LogP contribution in [0.3, 0.4) is 0 Å². The normalized spacial score (nSPS) is 22.8. The molecule has 0 bridgehead atoms. The molecule has 1 aromatic carbocycles. The van der Waals surface area contributed by atoms with E-state index in [1.807, 2.05) is 6.92 Å². The molecule has 2 aromatic rings. The molecule has 34 heteroatoms. The number of nitrogens with one attached hydrogen (secondary N) is 12. The van der Waals surface area contributed by atoms with Gasteiger partial charge in [0.15, 0.2) is 0 Å². The second kappa shape index (κ2) is 41.9. The third kappa shape index (κ3) is 27.4. The van der Waals surface area contributed by atoms with E-state index in [4.69, 9.17) is 17.2 Å². The number of nitrogens with two attached hydrogens (primary N) is 3. The lowest BCUT2D eigenvalue weighted by Crippen LogP contribution is -2.62. The minimum absolute atomic E-state index is 0.00225. The summed E-state index contributed by atoms with van der Waals surface area (Å²) >= 11 is 1.29. The molecule has 33 nitrogen and oxygen atoms in total. The fourth-order valence-electron chi connectivity index (χ4n) is 10.7. The number of carboxylic acid groups (broad SMARTS) is 2. The largest absolute Gasteiger partial charge is 0.481 e. The van der Waals surface area contributed by atoms with Crippen molar-refractivity contribution in [2.24, 2.45) is 39.9 Å². The summed E-state index contributed by atoms with van der Waals surface area (Å²) in [5.74, 6) is -15.6. The fourth-order valence-corrected chi connectivity index (χ4v) is 11.8. The molecule has 3 heterocycles. The number of aliphatic imine (C=N–C) groups is 1. The van der Waals surface area contributed by atoms with Crippen molar-refractivity contribution in [3.05, 3.63) is 66.3 Å². The molecule has 14 atom stereocenters. The van der Waals surface area contributed by atoms with Gasteiger partial charge in [0.2, 0.25) is 70.9 Å². The van der Waals surface area contributed by atoms with Gasteiger partial charge in [-0.25, -0.2) is 4.98 Å². The van der Waals surface area contributed by atoms with Gasteiger partial charge in [0.25, 0.3) is 0 Å². The molecule has 2 aliphatic rings. The van der Waals surface area contributed by atoms with Crippen LogP contribution in [0.1, 0.15) is 143 Å². The highest BCUT2D eigenvalue weighted by Gasteiger charge is 2.40. The Labute approximate surface area is 585 Å². The van der Waals surface area contributed by atoms with E-state index >= 15 is 0 Å². The smallest absolute Gasteiger partial charge is 0.305 e. The number of benzene rings is 1. The van der Waals surface area contributed by atoms with Crippen LogP contribution in [0.5, 0.6) is 0 Å². The zero-order chi connectivity index (χ0) is 74.3. The van der Waals surface area contributed by atoms with Crippen LogP contribution in [0.4, 0.5) is 0 Å². The van der Waals surface area contributed by atoms with E-state index in [0.29, 0.717) is 28.3 Å². The number of carbonyl (C=O) groups excluding carboxylic acids is 12. The third-order valence-electron chi connectivity index (χ3n) is 17.1. The van der Waals surface area contributed by atoms with E-state index in [2.05, 4.69) is 80.0 Å². The van der Waals surface area contributed by atoms with Crippen molar-refractivity contribution in [3.63, 3.8) is 0 Å². The number of aromatic amines is 1. The van der Waals surface area contributed by atoms with E-state index in [9.17, 15) is 77.3 Å². The van der Waals surface area contributed by atoms with Crippen LogP contribution >= 0.6 is 11.8 Å². The lowest BCUT2D eigenvalue weighted by molar-refractivity contribution is -0.142. The predicted octanol–water partition coefficient (Wildman–Crippen LogP) is -1.76. The van der Waals surface area contributed by atoms with Gasteiger partial charge in [-0.2, -0.15) is 0 Å². The average molecular weight is 1420 g/mol. The fraction of sp³-hybridized carbons (Fsp3) is 0.606. The highest BCUT2D eigenvalue weighted by Crippen LogP contribution is 2.24. The van der Waals surface area contributed by atoms with E-state index < -0.39 is 193 Å². The molecular formula is C66H101N17O16S. The molecule has 1 fully saturated rings. The molecular weight excluding hydrogens is 1320 g/mol. The number of aromatic nitrogens is 2. The second-order valence-corrected chi connectivity index (χ2v) is 26.6. The van der Waals surface area contributed by atoms with E-state index in [0.717, 1.165) is 0 Å². The molecule has 100 heavy (non-hydrogen) atoms. The number of hydrogen-bond acceptors (Lipinski definition) is 19. The number of thioether (sulfide) groups is 1. The Morgan fingerprint density at radius 3 is 1.90 bits per heavy atom. The molecule has 552 valence electrons. The Morgan fingerprint density at radius 2 is 1.31 bits per heavy atom. The highest BCUT2D eigenvalue weighted by atomic mass is 32.2. The lowest BCUT2D eigenvalue weighted by atomic mass is 9.96. The number of amides is 12. The maximum atomic E-state index is 14.9. The van der Waals surface area contributed by atoms with Gasteiger partial charge in [0.1, 0.15) is 66.5 Å². The number of carbonyl (C=O) groups is 14. The molecule has 2 aliphatic heterocycles. The quantitative estimate of drug-likeness (QED) is 0.0372. The summed E-state index contributed by atoms with van der Waals surface area (Å²) in [6.07, 6.45) is 0.113. The van der Waals surface area contributed by atoms with Crippen molar-refractivity contribution < 1.29 is 77.3 Å². The Kier molecular flexibility index (Phi) is 34.9. The standard InChI is InChI=1S/C66H101N17O16S/c1-9-35(6)52(69)66-81-48(32-100-66)63(97)76-43(26-34(4)5)59(93)74-42(22-23-50(85)86)58(92)83-53(36(7)10-2)64(98)75-40-20-15-16-25-71-55(89)46(29-49(68)84)78-62(96)47(30-51(87)88)79-61(95)45(28-39-31-70-33-72-39)77-60(94)44(27-38-18-13-12-14-19-38)80-65(99)54(37(8)11-3)82-57(91)41(21-17-24-67)73-56(40)90/h12-14,18-19,31,33-34,36-37,40-48,52-54H,6,9-11,15-17,20-30,32,67,69H2,1-5,7-8H3,(H2,68,84)(H,70,72)(H,71,89)(H,73,90)(H,74,93)(H,75,98)(H,76,97)(H,77,94)(H,78,96)(H,79,95)(H,80,99)(H,82,91)(H,83,92)(H,85,86)(H,87,88)/t36-,37-,40-,41+,42+,43-,44+,45-,46-,47+,48-,52-,53-,54-/m0/s1. The highest BCUT2D eigenvalue weighted by molar-refractivity contribution is 8.14. The second-order valence-electron chi connectivity index (χ2n) is 25.5. The molecule has 0 unspecified atom stereocenters. The monoisotopic (exact) mass is 1420 g/mol. The first-order valence-corrected chi connectivity index (χ1v) is 34.8. The van der Waals surface area contributed by atoms with Crippen LogP contribution in [0.15, 0.2) is 60.0 Å². The van der Waals surface area contributed by atoms with Gasteiger partial charge in [0.05, 0.1) is 30.3 Å². The van der Waals surface area contributed by atoms with Crippen LogP contribution in [0.2, 0.25) is 0 Å². The van der Waals surface area contributed by atoms with Crippen LogP contribution in [0, 0.1) is 17.8 Å². The summed E-state index contributed by atoms with van der Waals surface area (Å²) in [4.78, 5) is 207. The van der Waals surface area contributed by atoms with Crippen LogP contribution in [-0.2, 0) is 80.0 Å². The van der Waals surface area contributed by atoms with Crippen LogP contribution in [-0.4, -0.2) is 199 Å². The van der Waals surface area contributed by atoms with E-state index in [1.165, 1.54) is 24.3 Å². The number of nitrogens with zero attached hydrogens (tertiary/aromatic N) is 2. The van der Waals surface area contributed by atoms with Gasteiger partial charge < -0.3 is 90.9 Å². The van der Waals surface area contributed by atoms with Crippen LogP contribution < -0.4 is 75.7 Å². The lowest BCUT2D eigenvalue weighted by Gasteiger charge is -2.30. The maximum absolute atomic E-state index is 14.9. The Balaban J connectivity index is 1.77. The summed E-state index contributed by atoms with van der Waals surface area (Å²) in [7, 11) is 0. The summed E-state index contributed by atoms with van der Waals surface area (Å²) in [5, 5.41) is 48.9. The summed E-state index contributed by atoms with van der Waals surface area (Å²) < 4.78 is 0. The first-order valence-electron chi connectivity index (χ1n) is 33.8. The number of carboxylic acids is 2. The minimum atomic E-state index is -1.94. The van der Waals surface area contributed by atoms with Crippen molar-refractivity contribution >= 4 is 99.6 Å². The van der Waals surface area contributed by atoms with Crippen molar-refractivity contribution in [2.45, 2.75) is 217 Å². The number of aliphatic carboxylic acids is 2. The van der Waals surface area contributed by atoms with Crippen molar-refractivity contribution in [3.8, 4) is 0 Å². The van der Waals surface area contributed by atoms with Gasteiger partial charge in [-0.15, -0.1) is 11.8 Å².